The van der Waals surface area contributed by atoms with Crippen molar-refractivity contribution >= 4 is 21.7 Å². The highest BCUT2D eigenvalue weighted by atomic mass is 32.2. The van der Waals surface area contributed by atoms with Crippen molar-refractivity contribution in [2.75, 3.05) is 19.3 Å². The highest BCUT2D eigenvalue weighted by Crippen LogP contribution is 2.25. The molecule has 1 amide bonds. The molecule has 6 nitrogen and oxygen atoms in total. The SMILES string of the molecule is CS(=O)(=O)c1ccccc1C(=O)O[C@@H](C(=O)N1CCCC1)c1ccccc1. The molecule has 27 heavy (non-hydrogen) atoms. The Bertz CT molecular complexity index is 934. The van der Waals surface area contributed by atoms with Gasteiger partial charge in [-0.1, -0.05) is 42.5 Å². The van der Waals surface area contributed by atoms with Crippen molar-refractivity contribution in [3.8, 4) is 0 Å². The summed E-state index contributed by atoms with van der Waals surface area (Å²) in [6.45, 7) is 1.25. The largest absolute Gasteiger partial charge is 0.444 e. The van der Waals surface area contributed by atoms with E-state index in [4.69, 9.17) is 4.74 Å². The van der Waals surface area contributed by atoms with E-state index in [2.05, 4.69) is 0 Å². The predicted octanol–water partition coefficient (Wildman–Crippen LogP) is 2.61. The number of benzene rings is 2. The summed E-state index contributed by atoms with van der Waals surface area (Å²) in [7, 11) is -3.61. The third kappa shape index (κ3) is 4.36. The molecule has 1 saturated heterocycles. The smallest absolute Gasteiger partial charge is 0.340 e. The van der Waals surface area contributed by atoms with Gasteiger partial charge >= 0.3 is 5.97 Å². The summed E-state index contributed by atoms with van der Waals surface area (Å²) in [6.07, 6.45) is 1.75. The molecule has 7 heteroatoms. The summed E-state index contributed by atoms with van der Waals surface area (Å²) in [5.41, 5.74) is 0.481. The highest BCUT2D eigenvalue weighted by Gasteiger charge is 2.32. The fraction of sp³-hybridized carbons (Fsp3) is 0.300. The van der Waals surface area contributed by atoms with Crippen molar-refractivity contribution in [3.05, 3.63) is 65.7 Å². The molecule has 1 aliphatic rings. The van der Waals surface area contributed by atoms with E-state index in [1.807, 2.05) is 6.07 Å². The van der Waals surface area contributed by atoms with Gasteiger partial charge in [-0.3, -0.25) is 4.79 Å². The van der Waals surface area contributed by atoms with E-state index in [0.717, 1.165) is 19.1 Å². The first kappa shape index (κ1) is 19.1. The number of rotatable bonds is 5. The summed E-state index contributed by atoms with van der Waals surface area (Å²) in [5.74, 6) is -1.12. The van der Waals surface area contributed by atoms with Gasteiger partial charge in [0.15, 0.2) is 9.84 Å². The molecule has 1 heterocycles. The van der Waals surface area contributed by atoms with Crippen LogP contribution in [0.25, 0.3) is 0 Å². The zero-order chi connectivity index (χ0) is 19.4. The molecule has 0 spiro atoms. The second-order valence-corrected chi connectivity index (χ2v) is 8.48. The Kier molecular flexibility index (Phi) is 5.60. The van der Waals surface area contributed by atoms with E-state index in [1.54, 1.807) is 35.2 Å². The van der Waals surface area contributed by atoms with Gasteiger partial charge in [-0.25, -0.2) is 13.2 Å². The molecule has 0 bridgehead atoms. The van der Waals surface area contributed by atoms with E-state index in [9.17, 15) is 18.0 Å². The van der Waals surface area contributed by atoms with E-state index >= 15 is 0 Å². The van der Waals surface area contributed by atoms with Crippen LogP contribution >= 0.6 is 0 Å². The number of ether oxygens (including phenoxy) is 1. The minimum atomic E-state index is -3.61. The Hall–Kier alpha value is -2.67. The molecular formula is C20H21NO5S. The Morgan fingerprint density at radius 3 is 2.19 bits per heavy atom. The fourth-order valence-corrected chi connectivity index (χ4v) is 4.00. The maximum atomic E-state index is 12.9. The summed E-state index contributed by atoms with van der Waals surface area (Å²) in [5, 5.41) is 0. The van der Waals surface area contributed by atoms with Crippen LogP contribution in [0.2, 0.25) is 0 Å². The standard InChI is InChI=1S/C20H21NO5S/c1-27(24,25)17-12-6-5-11-16(17)20(23)26-18(15-9-3-2-4-10-15)19(22)21-13-7-8-14-21/h2-6,9-12,18H,7-8,13-14H2,1H3/t18-/m1/s1. The molecule has 0 radical (unpaired) electrons. The van der Waals surface area contributed by atoms with Gasteiger partial charge in [0.25, 0.3) is 5.91 Å². The molecule has 0 N–H and O–H groups in total. The lowest BCUT2D eigenvalue weighted by atomic mass is 10.1. The number of likely N-dealkylation sites (tertiary alicyclic amines) is 1. The van der Waals surface area contributed by atoms with Crippen LogP contribution in [0.15, 0.2) is 59.5 Å². The van der Waals surface area contributed by atoms with Gasteiger partial charge in [-0.2, -0.15) is 0 Å². The minimum Gasteiger partial charge on any atom is -0.444 e. The second-order valence-electron chi connectivity index (χ2n) is 6.50. The van der Waals surface area contributed by atoms with Crippen LogP contribution in [0, 0.1) is 0 Å². The van der Waals surface area contributed by atoms with E-state index in [1.165, 1.54) is 18.2 Å². The zero-order valence-corrected chi connectivity index (χ0v) is 15.8. The third-order valence-corrected chi connectivity index (χ3v) is 5.63. The van der Waals surface area contributed by atoms with Crippen LogP contribution in [0.1, 0.15) is 34.9 Å². The van der Waals surface area contributed by atoms with Crippen molar-refractivity contribution in [3.63, 3.8) is 0 Å². The van der Waals surface area contributed by atoms with E-state index in [-0.39, 0.29) is 16.4 Å². The molecule has 0 aromatic heterocycles. The van der Waals surface area contributed by atoms with Crippen LogP contribution in [0.3, 0.4) is 0 Å². The minimum absolute atomic E-state index is 0.0739. The zero-order valence-electron chi connectivity index (χ0n) is 15.0. The molecule has 1 atom stereocenters. The average molecular weight is 387 g/mol. The van der Waals surface area contributed by atoms with Gasteiger partial charge in [0.1, 0.15) is 0 Å². The van der Waals surface area contributed by atoms with Gasteiger partial charge in [-0.15, -0.1) is 0 Å². The number of hydrogen-bond donors (Lipinski definition) is 0. The van der Waals surface area contributed by atoms with Crippen molar-refractivity contribution in [2.45, 2.75) is 23.8 Å². The third-order valence-electron chi connectivity index (χ3n) is 4.48. The van der Waals surface area contributed by atoms with Crippen LogP contribution in [-0.4, -0.2) is 44.5 Å². The van der Waals surface area contributed by atoms with Gasteiger partial charge < -0.3 is 9.64 Å². The molecule has 3 rings (SSSR count). The highest BCUT2D eigenvalue weighted by molar-refractivity contribution is 7.90. The van der Waals surface area contributed by atoms with Gasteiger partial charge in [0.05, 0.1) is 10.5 Å². The van der Waals surface area contributed by atoms with Crippen molar-refractivity contribution in [2.24, 2.45) is 0 Å². The summed E-state index contributed by atoms with van der Waals surface area (Å²) in [6, 6.07) is 14.6. The number of hydrogen-bond acceptors (Lipinski definition) is 5. The molecule has 1 aliphatic heterocycles. The summed E-state index contributed by atoms with van der Waals surface area (Å²) in [4.78, 5) is 27.2. The topological polar surface area (TPSA) is 80.7 Å². The first-order valence-corrected chi connectivity index (χ1v) is 10.6. The van der Waals surface area contributed by atoms with Gasteiger partial charge in [0, 0.05) is 24.9 Å². The van der Waals surface area contributed by atoms with Crippen LogP contribution in [-0.2, 0) is 19.4 Å². The Morgan fingerprint density at radius 1 is 0.963 bits per heavy atom. The van der Waals surface area contributed by atoms with Crippen molar-refractivity contribution in [1.29, 1.82) is 0 Å². The van der Waals surface area contributed by atoms with E-state index in [0.29, 0.717) is 18.7 Å². The van der Waals surface area contributed by atoms with Gasteiger partial charge in [-0.05, 0) is 25.0 Å². The summed E-state index contributed by atoms with van der Waals surface area (Å²) >= 11 is 0. The van der Waals surface area contributed by atoms with Gasteiger partial charge in [0.2, 0.25) is 6.10 Å². The maximum Gasteiger partial charge on any atom is 0.340 e. The van der Waals surface area contributed by atoms with Crippen LogP contribution in [0.5, 0.6) is 0 Å². The van der Waals surface area contributed by atoms with Crippen molar-refractivity contribution in [1.82, 2.24) is 4.90 Å². The van der Waals surface area contributed by atoms with Crippen molar-refractivity contribution < 1.29 is 22.7 Å². The Labute approximate surface area is 158 Å². The molecular weight excluding hydrogens is 366 g/mol. The second kappa shape index (κ2) is 7.92. The molecule has 0 aliphatic carbocycles. The number of sulfone groups is 1. The average Bonchev–Trinajstić information content (AvgIpc) is 3.20. The molecule has 0 saturated carbocycles. The Balaban J connectivity index is 1.93. The first-order valence-electron chi connectivity index (χ1n) is 8.72. The van der Waals surface area contributed by atoms with Crippen LogP contribution < -0.4 is 0 Å². The molecule has 2 aromatic carbocycles. The normalized spacial score (nSPS) is 15.4. The lowest BCUT2D eigenvalue weighted by Gasteiger charge is -2.23. The fourth-order valence-electron chi connectivity index (χ4n) is 3.12. The predicted molar refractivity (Wildman–Crippen MR) is 100.0 cm³/mol. The first-order chi connectivity index (χ1) is 12.9. The molecule has 0 unspecified atom stereocenters. The quantitative estimate of drug-likeness (QED) is 0.737. The van der Waals surface area contributed by atoms with Crippen LogP contribution in [0.4, 0.5) is 0 Å². The summed E-state index contributed by atoms with van der Waals surface area (Å²) < 4.78 is 29.5. The number of amides is 1. The van der Waals surface area contributed by atoms with E-state index < -0.39 is 21.9 Å². The Morgan fingerprint density at radius 2 is 1.56 bits per heavy atom. The monoisotopic (exact) mass is 387 g/mol. The number of esters is 1. The maximum absolute atomic E-state index is 12.9. The molecule has 1 fully saturated rings. The number of carbonyl (C=O) groups excluding carboxylic acids is 2. The molecule has 2 aromatic rings. The number of carbonyl (C=O) groups is 2. The molecule has 142 valence electrons. The number of nitrogens with zero attached hydrogens (tertiary/aromatic N) is 1. The lowest BCUT2D eigenvalue weighted by Crippen LogP contribution is -2.35. The lowest BCUT2D eigenvalue weighted by molar-refractivity contribution is -0.140.